The highest BCUT2D eigenvalue weighted by atomic mass is 79.9. The predicted molar refractivity (Wildman–Crippen MR) is 102 cm³/mol. The normalized spacial score (nSPS) is 16.7. The first-order chi connectivity index (χ1) is 12.0. The average molecular weight is 404 g/mol. The number of aryl methyl sites for hydroxylation is 2. The summed E-state index contributed by atoms with van der Waals surface area (Å²) in [6.45, 7) is 5.37. The van der Waals surface area contributed by atoms with Gasteiger partial charge in [0.25, 0.3) is 5.91 Å². The third-order valence-electron chi connectivity index (χ3n) is 4.27. The number of benzene rings is 2. The van der Waals surface area contributed by atoms with Gasteiger partial charge in [0.05, 0.1) is 10.6 Å². The number of ether oxygens (including phenoxy) is 2. The molecular formula is C20H22BrNO3. The molecule has 5 heteroatoms. The molecule has 1 heterocycles. The van der Waals surface area contributed by atoms with Gasteiger partial charge in [-0.25, -0.2) is 0 Å². The summed E-state index contributed by atoms with van der Waals surface area (Å²) in [7, 11) is 0. The Morgan fingerprint density at radius 3 is 2.80 bits per heavy atom. The molecular weight excluding hydrogens is 382 g/mol. The Kier molecular flexibility index (Phi) is 5.76. The van der Waals surface area contributed by atoms with Crippen LogP contribution in [-0.4, -0.2) is 25.2 Å². The zero-order valence-corrected chi connectivity index (χ0v) is 16.1. The molecule has 3 rings (SSSR count). The van der Waals surface area contributed by atoms with Gasteiger partial charge in [0, 0.05) is 17.9 Å². The van der Waals surface area contributed by atoms with Gasteiger partial charge in [0.1, 0.15) is 12.4 Å². The molecule has 0 spiro atoms. The first-order valence-corrected chi connectivity index (χ1v) is 9.25. The minimum absolute atomic E-state index is 0.140. The maximum Gasteiger partial charge on any atom is 0.255 e. The smallest absolute Gasteiger partial charge is 0.255 e. The van der Waals surface area contributed by atoms with E-state index in [4.69, 9.17) is 9.47 Å². The van der Waals surface area contributed by atoms with Crippen LogP contribution in [0.2, 0.25) is 0 Å². The number of hydrogen-bond donors (Lipinski definition) is 1. The van der Waals surface area contributed by atoms with E-state index in [-0.39, 0.29) is 12.0 Å². The van der Waals surface area contributed by atoms with Crippen LogP contribution < -0.4 is 10.1 Å². The average Bonchev–Trinajstić information content (AvgIpc) is 3.09. The fourth-order valence-electron chi connectivity index (χ4n) is 2.87. The number of hydrogen-bond acceptors (Lipinski definition) is 3. The number of carbonyl (C=O) groups excluding carboxylic acids is 1. The second-order valence-electron chi connectivity index (χ2n) is 6.36. The van der Waals surface area contributed by atoms with Gasteiger partial charge in [-0.05, 0) is 72.4 Å². The molecule has 0 aromatic heterocycles. The second-order valence-corrected chi connectivity index (χ2v) is 7.22. The summed E-state index contributed by atoms with van der Waals surface area (Å²) >= 11 is 3.49. The third kappa shape index (κ3) is 4.61. The maximum atomic E-state index is 12.5. The summed E-state index contributed by atoms with van der Waals surface area (Å²) in [4.78, 5) is 12.5. The molecule has 1 aliphatic rings. The number of amides is 1. The molecule has 1 saturated heterocycles. The standard InChI is InChI=1S/C20H22BrNO3/c1-13-5-7-18(14(2)10-13)22-20(23)15-6-8-19(17(21)11-15)25-12-16-4-3-9-24-16/h5-8,10-11,16H,3-4,9,12H2,1-2H3,(H,22,23). The third-order valence-corrected chi connectivity index (χ3v) is 4.89. The van der Waals surface area contributed by atoms with E-state index in [1.54, 1.807) is 12.1 Å². The predicted octanol–water partition coefficient (Wildman–Crippen LogP) is 4.88. The molecule has 1 amide bonds. The van der Waals surface area contributed by atoms with Gasteiger partial charge >= 0.3 is 0 Å². The Morgan fingerprint density at radius 1 is 1.28 bits per heavy atom. The highest BCUT2D eigenvalue weighted by Gasteiger charge is 2.17. The van der Waals surface area contributed by atoms with Crippen molar-refractivity contribution in [3.05, 3.63) is 57.6 Å². The highest BCUT2D eigenvalue weighted by molar-refractivity contribution is 9.10. The van der Waals surface area contributed by atoms with Crippen LogP contribution in [0, 0.1) is 13.8 Å². The highest BCUT2D eigenvalue weighted by Crippen LogP contribution is 2.27. The molecule has 25 heavy (non-hydrogen) atoms. The molecule has 1 fully saturated rings. The van der Waals surface area contributed by atoms with Gasteiger partial charge in [-0.3, -0.25) is 4.79 Å². The van der Waals surface area contributed by atoms with Crippen LogP contribution in [0.5, 0.6) is 5.75 Å². The topological polar surface area (TPSA) is 47.6 Å². The summed E-state index contributed by atoms with van der Waals surface area (Å²) in [6.07, 6.45) is 2.29. The number of halogens is 1. The van der Waals surface area contributed by atoms with Crippen LogP contribution in [0.4, 0.5) is 5.69 Å². The molecule has 0 bridgehead atoms. The Morgan fingerprint density at radius 2 is 2.12 bits per heavy atom. The molecule has 132 valence electrons. The van der Waals surface area contributed by atoms with Crippen molar-refractivity contribution in [1.29, 1.82) is 0 Å². The number of nitrogens with one attached hydrogen (secondary N) is 1. The van der Waals surface area contributed by atoms with E-state index in [0.29, 0.717) is 12.2 Å². The fourth-order valence-corrected chi connectivity index (χ4v) is 3.36. The van der Waals surface area contributed by atoms with Gasteiger partial charge < -0.3 is 14.8 Å². The SMILES string of the molecule is Cc1ccc(NC(=O)c2ccc(OCC3CCCO3)c(Br)c2)c(C)c1. The molecule has 2 aromatic rings. The zero-order chi connectivity index (χ0) is 17.8. The molecule has 1 N–H and O–H groups in total. The molecule has 0 aliphatic carbocycles. The van der Waals surface area contributed by atoms with E-state index in [1.165, 1.54) is 5.56 Å². The summed E-state index contributed by atoms with van der Waals surface area (Å²) in [5, 5.41) is 2.96. The van der Waals surface area contributed by atoms with Crippen molar-refractivity contribution in [2.24, 2.45) is 0 Å². The Balaban J connectivity index is 1.65. The summed E-state index contributed by atoms with van der Waals surface area (Å²) in [6, 6.07) is 11.3. The Labute approximate surface area is 156 Å². The van der Waals surface area contributed by atoms with E-state index in [0.717, 1.165) is 40.9 Å². The van der Waals surface area contributed by atoms with Gasteiger partial charge in [0.2, 0.25) is 0 Å². The molecule has 2 aromatic carbocycles. The van der Waals surface area contributed by atoms with Crippen LogP contribution in [0.3, 0.4) is 0 Å². The zero-order valence-electron chi connectivity index (χ0n) is 14.5. The van der Waals surface area contributed by atoms with Crippen molar-refractivity contribution >= 4 is 27.5 Å². The summed E-state index contributed by atoms with van der Waals surface area (Å²) in [5.41, 5.74) is 3.62. The molecule has 0 saturated carbocycles. The van der Waals surface area contributed by atoms with E-state index in [9.17, 15) is 4.79 Å². The molecule has 1 atom stereocenters. The number of carbonyl (C=O) groups is 1. The van der Waals surface area contributed by atoms with Crippen LogP contribution >= 0.6 is 15.9 Å². The van der Waals surface area contributed by atoms with Gasteiger partial charge in [-0.15, -0.1) is 0 Å². The van der Waals surface area contributed by atoms with Crippen molar-refractivity contribution in [1.82, 2.24) is 0 Å². The lowest BCUT2D eigenvalue weighted by Gasteiger charge is -2.14. The Hall–Kier alpha value is -1.85. The molecule has 1 aliphatic heterocycles. The van der Waals surface area contributed by atoms with Crippen LogP contribution in [0.1, 0.15) is 34.3 Å². The lowest BCUT2D eigenvalue weighted by Crippen LogP contribution is -2.17. The monoisotopic (exact) mass is 403 g/mol. The van der Waals surface area contributed by atoms with Crippen molar-refractivity contribution in [2.75, 3.05) is 18.5 Å². The van der Waals surface area contributed by atoms with E-state index < -0.39 is 0 Å². The molecule has 0 radical (unpaired) electrons. The summed E-state index contributed by atoms with van der Waals surface area (Å²) in [5.74, 6) is 0.580. The van der Waals surface area contributed by atoms with Crippen molar-refractivity contribution in [2.45, 2.75) is 32.8 Å². The first-order valence-electron chi connectivity index (χ1n) is 8.45. The van der Waals surface area contributed by atoms with E-state index in [1.807, 2.05) is 38.1 Å². The molecule has 1 unspecified atom stereocenters. The quantitative estimate of drug-likeness (QED) is 0.773. The van der Waals surface area contributed by atoms with Crippen molar-refractivity contribution in [3.8, 4) is 5.75 Å². The minimum atomic E-state index is -0.140. The second kappa shape index (κ2) is 8.02. The fraction of sp³-hybridized carbons (Fsp3) is 0.350. The van der Waals surface area contributed by atoms with Crippen LogP contribution in [0.15, 0.2) is 40.9 Å². The minimum Gasteiger partial charge on any atom is -0.490 e. The van der Waals surface area contributed by atoms with Gasteiger partial charge in [-0.2, -0.15) is 0 Å². The van der Waals surface area contributed by atoms with E-state index >= 15 is 0 Å². The van der Waals surface area contributed by atoms with Gasteiger partial charge in [0.15, 0.2) is 0 Å². The number of rotatable bonds is 5. The first kappa shape index (κ1) is 18.0. The number of anilines is 1. The van der Waals surface area contributed by atoms with Gasteiger partial charge in [-0.1, -0.05) is 17.7 Å². The maximum absolute atomic E-state index is 12.5. The molecule has 4 nitrogen and oxygen atoms in total. The lowest BCUT2D eigenvalue weighted by molar-refractivity contribution is 0.0677. The van der Waals surface area contributed by atoms with E-state index in [2.05, 4.69) is 21.2 Å². The van der Waals surface area contributed by atoms with Crippen LogP contribution in [0.25, 0.3) is 0 Å². The lowest BCUT2D eigenvalue weighted by atomic mass is 10.1. The summed E-state index contributed by atoms with van der Waals surface area (Å²) < 4.78 is 12.1. The van der Waals surface area contributed by atoms with Crippen LogP contribution in [-0.2, 0) is 4.74 Å². The Bertz CT molecular complexity index is 770. The largest absolute Gasteiger partial charge is 0.490 e. The van der Waals surface area contributed by atoms with Crippen molar-refractivity contribution in [3.63, 3.8) is 0 Å². The van der Waals surface area contributed by atoms with Crippen molar-refractivity contribution < 1.29 is 14.3 Å².